The number of nitrogens with one attached hydrogen (secondary N) is 1. The quantitative estimate of drug-likeness (QED) is 0.614. The molecule has 0 aromatic heterocycles. The smallest absolute Gasteiger partial charge is 0.326 e. The maximum atomic E-state index is 12.4. The molecule has 0 aliphatic carbocycles. The van der Waals surface area contributed by atoms with Crippen molar-refractivity contribution in [3.63, 3.8) is 0 Å². The van der Waals surface area contributed by atoms with Crippen molar-refractivity contribution in [2.24, 2.45) is 0 Å². The number of hydrogen-bond acceptors (Lipinski definition) is 5. The number of sulfonamides is 1. The summed E-state index contributed by atoms with van der Waals surface area (Å²) in [7, 11) is -3.85. The highest BCUT2D eigenvalue weighted by atomic mass is 32.2. The Bertz CT molecular complexity index is 824. The first-order chi connectivity index (χ1) is 11.9. The SMILES string of the molecule is CCOC(=O)CN(C(=S)NS(=O)(=O)c1ccccc1)c1ccccc1. The van der Waals surface area contributed by atoms with Crippen molar-refractivity contribution in [3.05, 3.63) is 60.7 Å². The van der Waals surface area contributed by atoms with Crippen molar-refractivity contribution in [1.29, 1.82) is 0 Å². The van der Waals surface area contributed by atoms with Gasteiger partial charge in [0.15, 0.2) is 5.11 Å². The van der Waals surface area contributed by atoms with Crippen LogP contribution in [0.5, 0.6) is 0 Å². The number of benzene rings is 2. The van der Waals surface area contributed by atoms with Gasteiger partial charge in [-0.2, -0.15) is 0 Å². The zero-order valence-electron chi connectivity index (χ0n) is 13.6. The molecule has 132 valence electrons. The van der Waals surface area contributed by atoms with E-state index < -0.39 is 16.0 Å². The summed E-state index contributed by atoms with van der Waals surface area (Å²) in [6, 6.07) is 16.7. The number of thiocarbonyl (C=S) groups is 1. The van der Waals surface area contributed by atoms with Crippen LogP contribution in [0.15, 0.2) is 65.6 Å². The number of hydrogen-bond donors (Lipinski definition) is 1. The summed E-state index contributed by atoms with van der Waals surface area (Å²) in [5, 5.41) is -0.108. The summed E-state index contributed by atoms with van der Waals surface area (Å²) in [5.41, 5.74) is 0.580. The molecule has 0 saturated heterocycles. The van der Waals surface area contributed by atoms with Gasteiger partial charge in [-0.15, -0.1) is 0 Å². The van der Waals surface area contributed by atoms with Gasteiger partial charge in [0.25, 0.3) is 10.0 Å². The first kappa shape index (κ1) is 18.9. The van der Waals surface area contributed by atoms with Crippen molar-refractivity contribution in [1.82, 2.24) is 4.72 Å². The molecule has 2 aromatic carbocycles. The van der Waals surface area contributed by atoms with E-state index in [1.165, 1.54) is 17.0 Å². The largest absolute Gasteiger partial charge is 0.465 e. The second kappa shape index (κ2) is 8.59. The fourth-order valence-electron chi connectivity index (χ4n) is 2.05. The third-order valence-electron chi connectivity index (χ3n) is 3.18. The number of ether oxygens (including phenoxy) is 1. The van der Waals surface area contributed by atoms with Crippen molar-refractivity contribution >= 4 is 39.0 Å². The van der Waals surface area contributed by atoms with E-state index in [-0.39, 0.29) is 23.2 Å². The molecule has 6 nitrogen and oxygen atoms in total. The number of carbonyl (C=O) groups excluding carboxylic acids is 1. The Morgan fingerprint density at radius 2 is 1.64 bits per heavy atom. The lowest BCUT2D eigenvalue weighted by atomic mass is 10.3. The van der Waals surface area contributed by atoms with Crippen LogP contribution in [0.1, 0.15) is 6.92 Å². The number of para-hydroxylation sites is 1. The van der Waals surface area contributed by atoms with E-state index in [2.05, 4.69) is 4.72 Å². The molecule has 2 aromatic rings. The van der Waals surface area contributed by atoms with Gasteiger partial charge in [-0.05, 0) is 43.4 Å². The molecule has 0 aliphatic heterocycles. The number of nitrogens with zero attached hydrogens (tertiary/aromatic N) is 1. The topological polar surface area (TPSA) is 75.7 Å². The van der Waals surface area contributed by atoms with E-state index >= 15 is 0 Å². The molecule has 0 bridgehead atoms. The Balaban J connectivity index is 2.25. The summed E-state index contributed by atoms with van der Waals surface area (Å²) in [5.74, 6) is -0.507. The molecule has 0 fully saturated rings. The number of rotatable bonds is 6. The lowest BCUT2D eigenvalue weighted by Crippen LogP contribution is -2.45. The van der Waals surface area contributed by atoms with Crippen LogP contribution in [0, 0.1) is 0 Å². The predicted octanol–water partition coefficient (Wildman–Crippen LogP) is 2.32. The minimum atomic E-state index is -3.85. The second-order valence-corrected chi connectivity index (χ2v) is 7.02. The fourth-order valence-corrected chi connectivity index (χ4v) is 3.53. The molecule has 0 aliphatic rings. The van der Waals surface area contributed by atoms with Gasteiger partial charge in [0, 0.05) is 5.69 Å². The van der Waals surface area contributed by atoms with Gasteiger partial charge < -0.3 is 9.64 Å². The number of esters is 1. The van der Waals surface area contributed by atoms with E-state index in [0.29, 0.717) is 5.69 Å². The summed E-state index contributed by atoms with van der Waals surface area (Å²) in [6.45, 7) is 1.72. The van der Waals surface area contributed by atoms with Crippen LogP contribution in [0.4, 0.5) is 5.69 Å². The molecule has 2 rings (SSSR count). The van der Waals surface area contributed by atoms with Crippen LogP contribution in [0.3, 0.4) is 0 Å². The van der Waals surface area contributed by atoms with E-state index in [1.54, 1.807) is 49.4 Å². The van der Waals surface area contributed by atoms with Crippen LogP contribution < -0.4 is 9.62 Å². The van der Waals surface area contributed by atoms with E-state index in [1.807, 2.05) is 6.07 Å². The molecule has 0 radical (unpaired) electrons. The summed E-state index contributed by atoms with van der Waals surface area (Å²) in [6.07, 6.45) is 0. The fraction of sp³-hybridized carbons (Fsp3) is 0.176. The third kappa shape index (κ3) is 5.27. The average Bonchev–Trinajstić information content (AvgIpc) is 2.61. The van der Waals surface area contributed by atoms with Crippen molar-refractivity contribution in [2.45, 2.75) is 11.8 Å². The zero-order chi connectivity index (χ0) is 18.3. The van der Waals surface area contributed by atoms with Gasteiger partial charge in [0.2, 0.25) is 0 Å². The van der Waals surface area contributed by atoms with Gasteiger partial charge >= 0.3 is 5.97 Å². The maximum Gasteiger partial charge on any atom is 0.326 e. The molecular weight excluding hydrogens is 360 g/mol. The van der Waals surface area contributed by atoms with Crippen molar-refractivity contribution in [2.75, 3.05) is 18.1 Å². The second-order valence-electron chi connectivity index (χ2n) is 4.95. The van der Waals surface area contributed by atoms with Gasteiger partial charge in [-0.1, -0.05) is 36.4 Å². The van der Waals surface area contributed by atoms with Crippen LogP contribution in [-0.4, -0.2) is 32.7 Å². The van der Waals surface area contributed by atoms with Crippen LogP contribution >= 0.6 is 12.2 Å². The molecule has 8 heteroatoms. The Morgan fingerprint density at radius 3 is 2.20 bits per heavy atom. The molecule has 0 atom stereocenters. The third-order valence-corrected chi connectivity index (χ3v) is 4.99. The van der Waals surface area contributed by atoms with Crippen LogP contribution in [0.2, 0.25) is 0 Å². The number of carbonyl (C=O) groups is 1. The molecule has 0 spiro atoms. The highest BCUT2D eigenvalue weighted by molar-refractivity contribution is 7.92. The molecule has 1 N–H and O–H groups in total. The minimum absolute atomic E-state index is 0.0847. The molecule has 0 saturated carbocycles. The van der Waals surface area contributed by atoms with Gasteiger partial charge in [-0.25, -0.2) is 8.42 Å². The Morgan fingerprint density at radius 1 is 1.08 bits per heavy atom. The van der Waals surface area contributed by atoms with Crippen LogP contribution in [0.25, 0.3) is 0 Å². The summed E-state index contributed by atoms with van der Waals surface area (Å²) < 4.78 is 32.2. The molecular formula is C17H18N2O4S2. The summed E-state index contributed by atoms with van der Waals surface area (Å²) >= 11 is 5.24. The Kier molecular flexibility index (Phi) is 6.49. The highest BCUT2D eigenvalue weighted by Crippen LogP contribution is 2.15. The normalized spacial score (nSPS) is 10.8. The lowest BCUT2D eigenvalue weighted by molar-refractivity contribution is -0.141. The van der Waals surface area contributed by atoms with Gasteiger partial charge in [-0.3, -0.25) is 9.52 Å². The van der Waals surface area contributed by atoms with E-state index in [0.717, 1.165) is 0 Å². The highest BCUT2D eigenvalue weighted by Gasteiger charge is 2.22. The van der Waals surface area contributed by atoms with E-state index in [9.17, 15) is 13.2 Å². The Labute approximate surface area is 152 Å². The monoisotopic (exact) mass is 378 g/mol. The number of anilines is 1. The van der Waals surface area contributed by atoms with Crippen molar-refractivity contribution < 1.29 is 17.9 Å². The lowest BCUT2D eigenvalue weighted by Gasteiger charge is -2.24. The molecule has 0 unspecified atom stereocenters. The van der Waals surface area contributed by atoms with Crippen molar-refractivity contribution in [3.8, 4) is 0 Å². The van der Waals surface area contributed by atoms with Gasteiger partial charge in [0.05, 0.1) is 11.5 Å². The average molecular weight is 378 g/mol. The van der Waals surface area contributed by atoms with Crippen LogP contribution in [-0.2, 0) is 19.6 Å². The first-order valence-electron chi connectivity index (χ1n) is 7.54. The molecule has 0 heterocycles. The van der Waals surface area contributed by atoms with Gasteiger partial charge in [0.1, 0.15) is 6.54 Å². The first-order valence-corrected chi connectivity index (χ1v) is 9.43. The summed E-state index contributed by atoms with van der Waals surface area (Å²) in [4.78, 5) is 13.3. The Hall–Kier alpha value is -2.45. The van der Waals surface area contributed by atoms with E-state index in [4.69, 9.17) is 17.0 Å². The maximum absolute atomic E-state index is 12.4. The standard InChI is InChI=1S/C17H18N2O4S2/c1-2-23-16(20)13-19(14-9-5-3-6-10-14)17(24)18-25(21,22)15-11-7-4-8-12-15/h3-12H,2,13H2,1H3,(H,18,24). The molecule has 0 amide bonds. The predicted molar refractivity (Wildman–Crippen MR) is 99.8 cm³/mol. The minimum Gasteiger partial charge on any atom is -0.465 e. The molecule has 25 heavy (non-hydrogen) atoms. The zero-order valence-corrected chi connectivity index (χ0v) is 15.2.